The van der Waals surface area contributed by atoms with Crippen LogP contribution in [0.4, 0.5) is 5.82 Å². The largest absolute Gasteiger partial charge is 0.369 e. The number of anilines is 1. The van der Waals surface area contributed by atoms with Crippen LogP contribution in [0.15, 0.2) is 59.8 Å². The average Bonchev–Trinajstić information content (AvgIpc) is 3.20. The fourth-order valence-corrected chi connectivity index (χ4v) is 3.70. The third-order valence-electron chi connectivity index (χ3n) is 3.71. The molecule has 3 aromatic rings. The Bertz CT molecular complexity index is 1070. The standard InChI is InChI=1S/C18H18N6O2S/c1-14-22-17(12-18(23-14)24-10-4-5-11-24)20-8-9-21-27(25,26)16-7-3-2-6-15(16)13-19/h2-7,10-12,21H,8-9H2,1H3,(H,20,22,23). The van der Waals surface area contributed by atoms with E-state index in [9.17, 15) is 8.42 Å². The zero-order valence-electron chi connectivity index (χ0n) is 14.6. The summed E-state index contributed by atoms with van der Waals surface area (Å²) in [5.41, 5.74) is 0.112. The molecular formula is C18H18N6O2S. The van der Waals surface area contributed by atoms with Crippen LogP contribution >= 0.6 is 0 Å². The van der Waals surface area contributed by atoms with E-state index in [0.717, 1.165) is 5.82 Å². The molecule has 2 N–H and O–H groups in total. The first-order chi connectivity index (χ1) is 13.0. The Morgan fingerprint density at radius 2 is 1.85 bits per heavy atom. The summed E-state index contributed by atoms with van der Waals surface area (Å²) in [6.45, 7) is 2.26. The Kier molecular flexibility index (Phi) is 5.49. The number of aryl methyl sites for hydroxylation is 1. The first-order valence-electron chi connectivity index (χ1n) is 8.21. The van der Waals surface area contributed by atoms with Crippen molar-refractivity contribution in [3.63, 3.8) is 0 Å². The van der Waals surface area contributed by atoms with Crippen LogP contribution in [0.5, 0.6) is 0 Å². The number of nitrogens with one attached hydrogen (secondary N) is 2. The lowest BCUT2D eigenvalue weighted by Gasteiger charge is -2.11. The molecule has 0 aliphatic heterocycles. The van der Waals surface area contributed by atoms with Crippen LogP contribution in [0, 0.1) is 18.3 Å². The van der Waals surface area contributed by atoms with E-state index in [4.69, 9.17) is 5.26 Å². The van der Waals surface area contributed by atoms with Gasteiger partial charge >= 0.3 is 0 Å². The highest BCUT2D eigenvalue weighted by atomic mass is 32.2. The maximum Gasteiger partial charge on any atom is 0.241 e. The second-order valence-electron chi connectivity index (χ2n) is 5.68. The van der Waals surface area contributed by atoms with Crippen LogP contribution in [0.3, 0.4) is 0 Å². The van der Waals surface area contributed by atoms with Gasteiger partial charge in [0.2, 0.25) is 10.0 Å². The summed E-state index contributed by atoms with van der Waals surface area (Å²) in [5, 5.41) is 12.1. The normalized spacial score (nSPS) is 11.1. The van der Waals surface area contributed by atoms with Gasteiger partial charge in [-0.15, -0.1) is 0 Å². The minimum absolute atomic E-state index is 0.0275. The van der Waals surface area contributed by atoms with Crippen LogP contribution in [0.25, 0.3) is 5.82 Å². The van der Waals surface area contributed by atoms with E-state index in [1.807, 2.05) is 35.2 Å². The third kappa shape index (κ3) is 4.49. The smallest absolute Gasteiger partial charge is 0.241 e. The monoisotopic (exact) mass is 382 g/mol. The van der Waals surface area contributed by atoms with Gasteiger partial charge in [-0.1, -0.05) is 12.1 Å². The molecule has 2 aromatic heterocycles. The van der Waals surface area contributed by atoms with Crippen molar-refractivity contribution in [2.75, 3.05) is 18.4 Å². The van der Waals surface area contributed by atoms with Crippen LogP contribution in [0.2, 0.25) is 0 Å². The molecule has 3 rings (SSSR count). The lowest BCUT2D eigenvalue weighted by Crippen LogP contribution is -2.29. The van der Waals surface area contributed by atoms with Crippen molar-refractivity contribution in [2.24, 2.45) is 0 Å². The van der Waals surface area contributed by atoms with Gasteiger partial charge in [-0.2, -0.15) is 5.26 Å². The first-order valence-corrected chi connectivity index (χ1v) is 9.69. The summed E-state index contributed by atoms with van der Waals surface area (Å²) in [6.07, 6.45) is 3.76. The van der Waals surface area contributed by atoms with Gasteiger partial charge in [0.15, 0.2) is 0 Å². The van der Waals surface area contributed by atoms with E-state index < -0.39 is 10.0 Å². The van der Waals surface area contributed by atoms with Gasteiger partial charge in [0.25, 0.3) is 0 Å². The quantitative estimate of drug-likeness (QED) is 0.603. The minimum Gasteiger partial charge on any atom is -0.369 e. The molecule has 9 heteroatoms. The molecule has 0 bridgehead atoms. The molecule has 0 radical (unpaired) electrons. The lowest BCUT2D eigenvalue weighted by atomic mass is 10.2. The molecule has 0 amide bonds. The summed E-state index contributed by atoms with van der Waals surface area (Å²) in [6, 6.07) is 13.6. The molecule has 27 heavy (non-hydrogen) atoms. The van der Waals surface area contributed by atoms with Crippen molar-refractivity contribution in [1.82, 2.24) is 19.3 Å². The molecule has 0 aliphatic rings. The summed E-state index contributed by atoms with van der Waals surface area (Å²) < 4.78 is 29.1. The lowest BCUT2D eigenvalue weighted by molar-refractivity contribution is 0.582. The number of benzene rings is 1. The van der Waals surface area contributed by atoms with Crippen molar-refractivity contribution in [1.29, 1.82) is 5.26 Å². The van der Waals surface area contributed by atoms with Gasteiger partial charge < -0.3 is 9.88 Å². The summed E-state index contributed by atoms with van der Waals surface area (Å²) in [7, 11) is -3.76. The van der Waals surface area contributed by atoms with Crippen LogP contribution in [0.1, 0.15) is 11.4 Å². The number of hydrogen-bond donors (Lipinski definition) is 2. The number of sulfonamides is 1. The van der Waals surface area contributed by atoms with E-state index in [1.165, 1.54) is 12.1 Å². The number of aromatic nitrogens is 3. The molecule has 8 nitrogen and oxygen atoms in total. The highest BCUT2D eigenvalue weighted by Crippen LogP contribution is 2.14. The van der Waals surface area contributed by atoms with Crippen molar-refractivity contribution in [3.8, 4) is 11.9 Å². The van der Waals surface area contributed by atoms with Crippen molar-refractivity contribution < 1.29 is 8.42 Å². The molecule has 0 unspecified atom stereocenters. The second kappa shape index (κ2) is 7.99. The molecule has 0 spiro atoms. The van der Waals surface area contributed by atoms with Gasteiger partial charge in [0.05, 0.1) is 10.5 Å². The Hall–Kier alpha value is -3.22. The van der Waals surface area contributed by atoms with E-state index in [1.54, 1.807) is 25.1 Å². The zero-order valence-corrected chi connectivity index (χ0v) is 15.4. The molecule has 0 saturated carbocycles. The van der Waals surface area contributed by atoms with Gasteiger partial charge in [-0.3, -0.25) is 0 Å². The third-order valence-corrected chi connectivity index (χ3v) is 5.23. The average molecular weight is 382 g/mol. The SMILES string of the molecule is Cc1nc(NCCNS(=O)(=O)c2ccccc2C#N)cc(-n2cccc2)n1. The van der Waals surface area contributed by atoms with Crippen molar-refractivity contribution in [3.05, 3.63) is 66.2 Å². The van der Waals surface area contributed by atoms with Gasteiger partial charge in [0.1, 0.15) is 23.5 Å². The molecule has 0 saturated heterocycles. The number of nitrogens with zero attached hydrogens (tertiary/aromatic N) is 4. The fourth-order valence-electron chi connectivity index (χ4n) is 2.51. The van der Waals surface area contributed by atoms with E-state index in [-0.39, 0.29) is 17.0 Å². The predicted molar refractivity (Wildman–Crippen MR) is 101 cm³/mol. The van der Waals surface area contributed by atoms with Crippen LogP contribution in [-0.2, 0) is 10.0 Å². The molecule has 2 heterocycles. The van der Waals surface area contributed by atoms with E-state index in [2.05, 4.69) is 20.0 Å². The van der Waals surface area contributed by atoms with Crippen LogP contribution < -0.4 is 10.0 Å². The first kappa shape index (κ1) is 18.6. The predicted octanol–water partition coefficient (Wildman–Crippen LogP) is 1.84. The Morgan fingerprint density at radius 3 is 2.59 bits per heavy atom. The fraction of sp³-hybridized carbons (Fsp3) is 0.167. The number of nitriles is 1. The molecule has 0 atom stereocenters. The van der Waals surface area contributed by atoms with Crippen molar-refractivity contribution >= 4 is 15.8 Å². The molecular weight excluding hydrogens is 364 g/mol. The summed E-state index contributed by atoms with van der Waals surface area (Å²) >= 11 is 0. The van der Waals surface area contributed by atoms with Gasteiger partial charge in [-0.05, 0) is 31.2 Å². The van der Waals surface area contributed by atoms with Crippen molar-refractivity contribution in [2.45, 2.75) is 11.8 Å². The Labute approximate surface area is 157 Å². The summed E-state index contributed by atoms with van der Waals surface area (Å²) in [5.74, 6) is 1.92. The minimum atomic E-state index is -3.76. The Balaban J connectivity index is 1.63. The van der Waals surface area contributed by atoms with E-state index in [0.29, 0.717) is 18.2 Å². The molecule has 0 aliphatic carbocycles. The Morgan fingerprint density at radius 1 is 1.11 bits per heavy atom. The number of hydrogen-bond acceptors (Lipinski definition) is 6. The zero-order chi connectivity index (χ0) is 19.3. The van der Waals surface area contributed by atoms with Gasteiger partial charge in [0, 0.05) is 31.5 Å². The van der Waals surface area contributed by atoms with E-state index >= 15 is 0 Å². The highest BCUT2D eigenvalue weighted by Gasteiger charge is 2.17. The highest BCUT2D eigenvalue weighted by molar-refractivity contribution is 7.89. The summed E-state index contributed by atoms with van der Waals surface area (Å²) in [4.78, 5) is 8.65. The molecule has 138 valence electrons. The van der Waals surface area contributed by atoms with Gasteiger partial charge in [-0.25, -0.2) is 23.1 Å². The maximum absolute atomic E-state index is 12.4. The number of rotatable bonds is 7. The second-order valence-corrected chi connectivity index (χ2v) is 7.42. The molecule has 0 fully saturated rings. The van der Waals surface area contributed by atoms with Crippen LogP contribution in [-0.4, -0.2) is 36.0 Å². The maximum atomic E-state index is 12.4. The molecule has 1 aromatic carbocycles. The topological polar surface area (TPSA) is 113 Å².